The smallest absolute Gasteiger partial charge is 0.266 e. The lowest BCUT2D eigenvalue weighted by Gasteiger charge is -2.11. The molecule has 0 fully saturated rings. The SMILES string of the molecule is CCc1ccc(-c2c(O)ccc3[nH]c(=O)c4sc(C)cc4c23)cc1. The Morgan fingerprint density at radius 2 is 1.88 bits per heavy atom. The molecule has 3 nitrogen and oxygen atoms in total. The second-order valence-electron chi connectivity index (χ2n) is 5.99. The van der Waals surface area contributed by atoms with Crippen LogP contribution >= 0.6 is 11.3 Å². The standard InChI is InChI=1S/C20H17NO2S/c1-3-12-4-6-13(7-5-12)17-16(22)9-8-15-18(17)14-10-11(2)24-19(14)20(23)21-15/h4-10,22H,3H2,1-2H3,(H,21,23). The van der Waals surface area contributed by atoms with Crippen molar-refractivity contribution in [1.29, 1.82) is 0 Å². The van der Waals surface area contributed by atoms with E-state index in [1.165, 1.54) is 16.9 Å². The van der Waals surface area contributed by atoms with Gasteiger partial charge in [0.15, 0.2) is 0 Å². The Labute approximate surface area is 143 Å². The lowest BCUT2D eigenvalue weighted by Crippen LogP contribution is -2.04. The molecular weight excluding hydrogens is 318 g/mol. The number of benzene rings is 2. The zero-order valence-corrected chi connectivity index (χ0v) is 14.3. The number of fused-ring (bicyclic) bond motifs is 3. The Balaban J connectivity index is 2.15. The molecular formula is C20H17NO2S. The average molecular weight is 335 g/mol. The molecule has 2 aromatic carbocycles. The van der Waals surface area contributed by atoms with Gasteiger partial charge >= 0.3 is 0 Å². The van der Waals surface area contributed by atoms with E-state index in [0.717, 1.165) is 38.7 Å². The summed E-state index contributed by atoms with van der Waals surface area (Å²) in [7, 11) is 0. The van der Waals surface area contributed by atoms with E-state index in [-0.39, 0.29) is 11.3 Å². The predicted molar refractivity (Wildman–Crippen MR) is 101 cm³/mol. The van der Waals surface area contributed by atoms with Crippen molar-refractivity contribution in [2.75, 3.05) is 0 Å². The molecule has 0 unspecified atom stereocenters. The van der Waals surface area contributed by atoms with Crippen LogP contribution < -0.4 is 5.56 Å². The molecule has 4 aromatic rings. The van der Waals surface area contributed by atoms with Crippen LogP contribution in [0, 0.1) is 6.92 Å². The third-order valence-corrected chi connectivity index (χ3v) is 5.46. The minimum atomic E-state index is -0.0754. The van der Waals surface area contributed by atoms with Crippen molar-refractivity contribution in [1.82, 2.24) is 4.98 Å². The van der Waals surface area contributed by atoms with E-state index < -0.39 is 0 Å². The average Bonchev–Trinajstić information content (AvgIpc) is 2.98. The van der Waals surface area contributed by atoms with Crippen molar-refractivity contribution in [3.05, 3.63) is 63.3 Å². The molecule has 0 aliphatic rings. The highest BCUT2D eigenvalue weighted by atomic mass is 32.1. The number of aryl methyl sites for hydroxylation is 2. The second kappa shape index (κ2) is 5.49. The number of pyridine rings is 1. The molecule has 120 valence electrons. The Morgan fingerprint density at radius 3 is 2.58 bits per heavy atom. The number of rotatable bonds is 2. The monoisotopic (exact) mass is 335 g/mol. The maximum atomic E-state index is 12.3. The van der Waals surface area contributed by atoms with E-state index in [0.29, 0.717) is 4.70 Å². The van der Waals surface area contributed by atoms with Crippen molar-refractivity contribution in [2.24, 2.45) is 0 Å². The predicted octanol–water partition coefficient (Wildman–Crippen LogP) is 4.99. The summed E-state index contributed by atoms with van der Waals surface area (Å²) in [6.45, 7) is 4.11. The van der Waals surface area contributed by atoms with Crippen LogP contribution in [0.3, 0.4) is 0 Å². The highest BCUT2D eigenvalue weighted by molar-refractivity contribution is 7.19. The second-order valence-corrected chi connectivity index (χ2v) is 7.24. The minimum Gasteiger partial charge on any atom is -0.507 e. The normalized spacial score (nSPS) is 11.4. The Kier molecular flexibility index (Phi) is 3.43. The molecule has 0 amide bonds. The van der Waals surface area contributed by atoms with Gasteiger partial charge in [0, 0.05) is 26.7 Å². The number of aromatic amines is 1. The third kappa shape index (κ3) is 2.22. The topological polar surface area (TPSA) is 53.1 Å². The largest absolute Gasteiger partial charge is 0.507 e. The Bertz CT molecular complexity index is 1120. The molecule has 4 rings (SSSR count). The van der Waals surface area contributed by atoms with Crippen LogP contribution in [-0.2, 0) is 6.42 Å². The Hall–Kier alpha value is -2.59. The van der Waals surface area contributed by atoms with Gasteiger partial charge in [-0.2, -0.15) is 0 Å². The van der Waals surface area contributed by atoms with E-state index in [2.05, 4.69) is 24.0 Å². The van der Waals surface area contributed by atoms with Crippen LogP contribution in [0.5, 0.6) is 5.75 Å². The molecule has 0 bridgehead atoms. The summed E-state index contributed by atoms with van der Waals surface area (Å²) in [5.41, 5.74) is 3.65. The molecule has 0 radical (unpaired) electrons. The fourth-order valence-corrected chi connectivity index (χ4v) is 4.14. The van der Waals surface area contributed by atoms with Gasteiger partial charge < -0.3 is 10.1 Å². The van der Waals surface area contributed by atoms with Crippen LogP contribution in [-0.4, -0.2) is 10.1 Å². The summed E-state index contributed by atoms with van der Waals surface area (Å²) < 4.78 is 0.706. The number of hydrogen-bond donors (Lipinski definition) is 2. The first-order valence-electron chi connectivity index (χ1n) is 7.96. The summed E-state index contributed by atoms with van der Waals surface area (Å²) in [6, 6.07) is 13.7. The van der Waals surface area contributed by atoms with Crippen molar-refractivity contribution in [3.8, 4) is 16.9 Å². The molecule has 2 heterocycles. The lowest BCUT2D eigenvalue weighted by molar-refractivity contribution is 0.478. The van der Waals surface area contributed by atoms with Crippen molar-refractivity contribution in [2.45, 2.75) is 20.3 Å². The van der Waals surface area contributed by atoms with Gasteiger partial charge in [-0.05, 0) is 42.7 Å². The molecule has 0 aliphatic heterocycles. The third-order valence-electron chi connectivity index (χ3n) is 4.41. The summed E-state index contributed by atoms with van der Waals surface area (Å²) >= 11 is 1.48. The fraction of sp³-hybridized carbons (Fsp3) is 0.150. The number of phenols is 1. The van der Waals surface area contributed by atoms with E-state index in [1.807, 2.05) is 25.1 Å². The number of phenolic OH excluding ortho intramolecular Hbond substituents is 1. The zero-order valence-electron chi connectivity index (χ0n) is 13.5. The quantitative estimate of drug-likeness (QED) is 0.542. The molecule has 0 saturated heterocycles. The number of hydrogen-bond acceptors (Lipinski definition) is 3. The minimum absolute atomic E-state index is 0.0754. The molecule has 0 aliphatic carbocycles. The van der Waals surface area contributed by atoms with E-state index in [4.69, 9.17) is 0 Å². The van der Waals surface area contributed by atoms with Gasteiger partial charge in [-0.3, -0.25) is 4.79 Å². The molecule has 2 aromatic heterocycles. The first-order chi connectivity index (χ1) is 11.6. The summed E-state index contributed by atoms with van der Waals surface area (Å²) in [6.07, 6.45) is 0.975. The van der Waals surface area contributed by atoms with E-state index in [9.17, 15) is 9.90 Å². The fourth-order valence-electron chi connectivity index (χ4n) is 3.22. The van der Waals surface area contributed by atoms with Crippen molar-refractivity contribution < 1.29 is 5.11 Å². The number of H-pyrrole nitrogens is 1. The number of nitrogens with one attached hydrogen (secondary N) is 1. The molecule has 0 atom stereocenters. The van der Waals surface area contributed by atoms with Crippen LogP contribution in [0.4, 0.5) is 0 Å². The summed E-state index contributed by atoms with van der Waals surface area (Å²) in [5, 5.41) is 12.3. The van der Waals surface area contributed by atoms with Gasteiger partial charge in [-0.25, -0.2) is 0 Å². The first-order valence-corrected chi connectivity index (χ1v) is 8.77. The summed E-state index contributed by atoms with van der Waals surface area (Å²) in [5.74, 6) is 0.226. The molecule has 0 spiro atoms. The molecule has 4 heteroatoms. The zero-order chi connectivity index (χ0) is 16.8. The van der Waals surface area contributed by atoms with Gasteiger partial charge in [-0.15, -0.1) is 11.3 Å². The molecule has 2 N–H and O–H groups in total. The van der Waals surface area contributed by atoms with Gasteiger partial charge in [0.05, 0.1) is 0 Å². The van der Waals surface area contributed by atoms with Gasteiger partial charge in [0.1, 0.15) is 10.4 Å². The molecule has 24 heavy (non-hydrogen) atoms. The van der Waals surface area contributed by atoms with Crippen LogP contribution in [0.25, 0.3) is 32.1 Å². The first kappa shape index (κ1) is 15.0. The van der Waals surface area contributed by atoms with E-state index in [1.54, 1.807) is 12.1 Å². The lowest BCUT2D eigenvalue weighted by atomic mass is 9.96. The number of thiophene rings is 1. The van der Waals surface area contributed by atoms with Crippen LogP contribution in [0.1, 0.15) is 17.4 Å². The highest BCUT2D eigenvalue weighted by Crippen LogP contribution is 2.40. The number of aromatic hydroxyl groups is 1. The highest BCUT2D eigenvalue weighted by Gasteiger charge is 2.16. The van der Waals surface area contributed by atoms with Crippen molar-refractivity contribution >= 4 is 32.3 Å². The van der Waals surface area contributed by atoms with Gasteiger partial charge in [0.2, 0.25) is 0 Å². The van der Waals surface area contributed by atoms with E-state index >= 15 is 0 Å². The number of aromatic nitrogens is 1. The van der Waals surface area contributed by atoms with Crippen LogP contribution in [0.15, 0.2) is 47.3 Å². The maximum Gasteiger partial charge on any atom is 0.266 e. The summed E-state index contributed by atoms with van der Waals surface area (Å²) in [4.78, 5) is 16.3. The van der Waals surface area contributed by atoms with Gasteiger partial charge in [-0.1, -0.05) is 31.2 Å². The van der Waals surface area contributed by atoms with Crippen LogP contribution in [0.2, 0.25) is 0 Å². The molecule has 0 saturated carbocycles. The maximum absolute atomic E-state index is 12.3. The van der Waals surface area contributed by atoms with Crippen molar-refractivity contribution in [3.63, 3.8) is 0 Å². The van der Waals surface area contributed by atoms with Gasteiger partial charge in [0.25, 0.3) is 5.56 Å². The Morgan fingerprint density at radius 1 is 1.12 bits per heavy atom.